The topological polar surface area (TPSA) is 85.4 Å². The van der Waals surface area contributed by atoms with Crippen molar-refractivity contribution in [3.63, 3.8) is 0 Å². The Morgan fingerprint density at radius 3 is 2.38 bits per heavy atom. The van der Waals surface area contributed by atoms with Gasteiger partial charge >= 0.3 is 0 Å². The molecule has 0 aliphatic rings. The minimum Gasteiger partial charge on any atom is -0.245 e. The molecule has 1 heterocycles. The number of hydrogen-bond acceptors (Lipinski definition) is 3. The van der Waals surface area contributed by atoms with E-state index < -0.39 is 0 Å². The van der Waals surface area contributed by atoms with E-state index in [0.717, 1.165) is 11.1 Å². The average Bonchev–Trinajstić information content (AvgIpc) is 2.63. The lowest BCUT2D eigenvalue weighted by Crippen LogP contribution is -1.92. The SMILES string of the molecule is N#Cc1c(-c2ccc(Cl)cc2)cc(-c2ccccc2)nc1N=[N+]=[N-]. The number of nitriles is 1. The number of aromatic nitrogens is 1. The van der Waals surface area contributed by atoms with E-state index in [1.165, 1.54) is 0 Å². The molecule has 1 aromatic heterocycles. The molecule has 0 saturated heterocycles. The summed E-state index contributed by atoms with van der Waals surface area (Å²) in [5.74, 6) is 0.0614. The predicted molar refractivity (Wildman–Crippen MR) is 93.6 cm³/mol. The van der Waals surface area contributed by atoms with Crippen molar-refractivity contribution in [3.05, 3.63) is 81.7 Å². The Balaban J connectivity index is 2.30. The predicted octanol–water partition coefficient (Wildman–Crippen LogP) is 5.88. The molecule has 0 spiro atoms. The number of nitrogens with zero attached hydrogens (tertiary/aromatic N) is 5. The highest BCUT2D eigenvalue weighted by Gasteiger charge is 2.14. The van der Waals surface area contributed by atoms with E-state index in [0.29, 0.717) is 16.3 Å². The van der Waals surface area contributed by atoms with Gasteiger partial charge in [-0.25, -0.2) is 4.98 Å². The van der Waals surface area contributed by atoms with Gasteiger partial charge in [0.1, 0.15) is 11.9 Å². The number of azide groups is 1. The zero-order valence-corrected chi connectivity index (χ0v) is 13.1. The van der Waals surface area contributed by atoms with Crippen LogP contribution in [-0.2, 0) is 0 Å². The van der Waals surface area contributed by atoms with E-state index >= 15 is 0 Å². The van der Waals surface area contributed by atoms with Gasteiger partial charge in [0.15, 0.2) is 0 Å². The van der Waals surface area contributed by atoms with Crippen molar-refractivity contribution < 1.29 is 0 Å². The first-order valence-electron chi connectivity index (χ1n) is 7.04. The highest BCUT2D eigenvalue weighted by molar-refractivity contribution is 6.30. The van der Waals surface area contributed by atoms with Gasteiger partial charge in [-0.3, -0.25) is 0 Å². The van der Waals surface area contributed by atoms with Crippen LogP contribution in [0.15, 0.2) is 65.8 Å². The molecule has 0 bridgehead atoms. The van der Waals surface area contributed by atoms with Crippen molar-refractivity contribution in [3.8, 4) is 28.5 Å². The molecule has 0 amide bonds. The van der Waals surface area contributed by atoms with Gasteiger partial charge in [-0.15, -0.1) is 0 Å². The van der Waals surface area contributed by atoms with E-state index in [1.54, 1.807) is 12.1 Å². The quantitative estimate of drug-likeness (QED) is 0.341. The third-order valence-electron chi connectivity index (χ3n) is 3.48. The highest BCUT2D eigenvalue weighted by Crippen LogP contribution is 2.34. The monoisotopic (exact) mass is 331 g/mol. The molecule has 0 fully saturated rings. The molecule has 0 N–H and O–H groups in total. The number of rotatable bonds is 3. The number of halogens is 1. The molecule has 3 aromatic rings. The van der Waals surface area contributed by atoms with Crippen molar-refractivity contribution in [2.24, 2.45) is 5.11 Å². The summed E-state index contributed by atoms with van der Waals surface area (Å²) >= 11 is 5.94. The Labute approximate surface area is 143 Å². The van der Waals surface area contributed by atoms with Gasteiger partial charge < -0.3 is 0 Å². The molecule has 5 nitrogen and oxygen atoms in total. The second-order valence-corrected chi connectivity index (χ2v) is 5.36. The second-order valence-electron chi connectivity index (χ2n) is 4.93. The zero-order chi connectivity index (χ0) is 16.9. The van der Waals surface area contributed by atoms with Gasteiger partial charge in [-0.05, 0) is 34.4 Å². The van der Waals surface area contributed by atoms with Crippen LogP contribution in [-0.4, -0.2) is 4.98 Å². The minimum atomic E-state index is 0.0614. The Hall–Kier alpha value is -3.32. The number of pyridine rings is 1. The van der Waals surface area contributed by atoms with Crippen molar-refractivity contribution in [1.29, 1.82) is 5.26 Å². The van der Waals surface area contributed by atoms with Crippen LogP contribution in [0, 0.1) is 11.3 Å². The molecular formula is C18H10ClN5. The maximum atomic E-state index is 9.50. The van der Waals surface area contributed by atoms with Crippen LogP contribution >= 0.6 is 11.6 Å². The molecule has 0 unspecified atom stereocenters. The highest BCUT2D eigenvalue weighted by atomic mass is 35.5. The molecule has 0 atom stereocenters. The molecule has 6 heteroatoms. The lowest BCUT2D eigenvalue weighted by atomic mass is 9.98. The second kappa shape index (κ2) is 6.84. The maximum Gasteiger partial charge on any atom is 0.145 e. The van der Waals surface area contributed by atoms with Gasteiger partial charge in [0.2, 0.25) is 0 Å². The Bertz CT molecular complexity index is 969. The van der Waals surface area contributed by atoms with Gasteiger partial charge in [0.05, 0.1) is 11.3 Å². The molecule has 0 radical (unpaired) electrons. The fourth-order valence-electron chi connectivity index (χ4n) is 2.37. The van der Waals surface area contributed by atoms with Gasteiger partial charge in [0, 0.05) is 21.1 Å². The number of benzene rings is 2. The van der Waals surface area contributed by atoms with Crippen LogP contribution in [0.1, 0.15) is 5.56 Å². The molecule has 0 aliphatic carbocycles. The molecule has 0 saturated carbocycles. The Morgan fingerprint density at radius 1 is 1.04 bits per heavy atom. The Morgan fingerprint density at radius 2 is 1.75 bits per heavy atom. The molecule has 2 aromatic carbocycles. The first-order valence-corrected chi connectivity index (χ1v) is 7.42. The summed E-state index contributed by atoms with van der Waals surface area (Å²) in [6.45, 7) is 0. The summed E-state index contributed by atoms with van der Waals surface area (Å²) < 4.78 is 0. The first-order chi connectivity index (χ1) is 11.7. The van der Waals surface area contributed by atoms with E-state index in [9.17, 15) is 5.26 Å². The van der Waals surface area contributed by atoms with Crippen molar-refractivity contribution in [2.75, 3.05) is 0 Å². The van der Waals surface area contributed by atoms with E-state index in [1.807, 2.05) is 48.5 Å². The summed E-state index contributed by atoms with van der Waals surface area (Å²) in [6.07, 6.45) is 0. The lowest BCUT2D eigenvalue weighted by molar-refractivity contribution is 1.24. The van der Waals surface area contributed by atoms with Gasteiger partial charge in [0.25, 0.3) is 0 Å². The fraction of sp³-hybridized carbons (Fsp3) is 0. The van der Waals surface area contributed by atoms with Crippen LogP contribution in [0.5, 0.6) is 0 Å². The van der Waals surface area contributed by atoms with E-state index in [2.05, 4.69) is 21.1 Å². The fourth-order valence-corrected chi connectivity index (χ4v) is 2.50. The van der Waals surface area contributed by atoms with E-state index in [4.69, 9.17) is 17.1 Å². The normalized spacial score (nSPS) is 9.83. The van der Waals surface area contributed by atoms with Crippen molar-refractivity contribution in [1.82, 2.24) is 4.98 Å². The summed E-state index contributed by atoms with van der Waals surface area (Å²) in [5, 5.41) is 13.7. The summed E-state index contributed by atoms with van der Waals surface area (Å²) in [4.78, 5) is 7.13. The van der Waals surface area contributed by atoms with Crippen molar-refractivity contribution in [2.45, 2.75) is 0 Å². The molecule has 24 heavy (non-hydrogen) atoms. The molecule has 0 aliphatic heterocycles. The standard InChI is InChI=1S/C18H10ClN5/c19-14-8-6-12(7-9-14)15-10-17(13-4-2-1-3-5-13)22-18(23-24-21)16(15)11-20/h1-10H. The molecular weight excluding hydrogens is 322 g/mol. The first kappa shape index (κ1) is 15.6. The minimum absolute atomic E-state index is 0.0614. The van der Waals surface area contributed by atoms with Crippen LogP contribution in [0.4, 0.5) is 5.82 Å². The summed E-state index contributed by atoms with van der Waals surface area (Å²) in [5.41, 5.74) is 12.0. The summed E-state index contributed by atoms with van der Waals surface area (Å²) in [6, 6.07) is 20.5. The van der Waals surface area contributed by atoms with Crippen LogP contribution in [0.2, 0.25) is 5.02 Å². The third-order valence-corrected chi connectivity index (χ3v) is 3.73. The van der Waals surface area contributed by atoms with Gasteiger partial charge in [-0.1, -0.05) is 54.1 Å². The van der Waals surface area contributed by atoms with Crippen LogP contribution < -0.4 is 0 Å². The molecule has 114 valence electrons. The van der Waals surface area contributed by atoms with Crippen molar-refractivity contribution >= 4 is 17.4 Å². The molecule has 3 rings (SSSR count). The number of hydrogen-bond donors (Lipinski definition) is 0. The maximum absolute atomic E-state index is 9.50. The van der Waals surface area contributed by atoms with Gasteiger partial charge in [-0.2, -0.15) is 5.26 Å². The largest absolute Gasteiger partial charge is 0.245 e. The average molecular weight is 332 g/mol. The zero-order valence-electron chi connectivity index (χ0n) is 12.4. The third kappa shape index (κ3) is 3.06. The summed E-state index contributed by atoms with van der Waals surface area (Å²) in [7, 11) is 0. The smallest absolute Gasteiger partial charge is 0.145 e. The van der Waals surface area contributed by atoms with Crippen LogP contribution in [0.25, 0.3) is 32.8 Å². The van der Waals surface area contributed by atoms with E-state index in [-0.39, 0.29) is 11.4 Å². The Kier molecular flexibility index (Phi) is 4.44. The lowest BCUT2D eigenvalue weighted by Gasteiger charge is -2.10. The van der Waals surface area contributed by atoms with Crippen LogP contribution in [0.3, 0.4) is 0 Å².